The molecule has 0 aromatic rings. The van der Waals surface area contributed by atoms with Crippen LogP contribution in [0.5, 0.6) is 0 Å². The third-order valence-electron chi connectivity index (χ3n) is 4.64. The highest BCUT2D eigenvalue weighted by atomic mass is 14.6. The van der Waals surface area contributed by atoms with Gasteiger partial charge in [0.25, 0.3) is 0 Å². The lowest BCUT2D eigenvalue weighted by atomic mass is 9.62. The van der Waals surface area contributed by atoms with Gasteiger partial charge in [-0.15, -0.1) is 0 Å². The Bertz CT molecular complexity index is 159. The normalized spacial score (nSPS) is 49.1. The fourth-order valence-electron chi connectivity index (χ4n) is 3.18. The monoisotopic (exact) mass is 152 g/mol. The van der Waals surface area contributed by atoms with Crippen molar-refractivity contribution in [3.8, 4) is 0 Å². The molecule has 2 rings (SSSR count). The Labute approximate surface area is 70.4 Å². The molecule has 0 heterocycles. The van der Waals surface area contributed by atoms with E-state index in [1.807, 2.05) is 0 Å². The van der Waals surface area contributed by atoms with Crippen molar-refractivity contribution in [2.24, 2.45) is 23.2 Å². The first kappa shape index (κ1) is 7.64. The van der Waals surface area contributed by atoms with E-state index in [0.717, 1.165) is 17.8 Å². The number of hydrogen-bond donors (Lipinski definition) is 0. The molecule has 0 heteroatoms. The largest absolute Gasteiger partial charge is 0.0622 e. The van der Waals surface area contributed by atoms with Crippen LogP contribution in [0, 0.1) is 23.2 Å². The Kier molecular flexibility index (Phi) is 1.56. The molecule has 0 spiro atoms. The second kappa shape index (κ2) is 2.24. The summed E-state index contributed by atoms with van der Waals surface area (Å²) in [4.78, 5) is 0. The maximum Gasteiger partial charge on any atom is -0.0272 e. The molecule has 0 aliphatic heterocycles. The van der Waals surface area contributed by atoms with Gasteiger partial charge in [-0.1, -0.05) is 20.8 Å². The molecule has 0 nitrogen and oxygen atoms in total. The van der Waals surface area contributed by atoms with Crippen molar-refractivity contribution in [1.82, 2.24) is 0 Å². The minimum Gasteiger partial charge on any atom is -0.0622 e. The van der Waals surface area contributed by atoms with E-state index in [-0.39, 0.29) is 0 Å². The SMILES string of the molecule is CC(C)[C@@]1(C)CC[C@@H]2CC[C@@H]21. The van der Waals surface area contributed by atoms with Crippen molar-refractivity contribution < 1.29 is 0 Å². The molecule has 0 aromatic carbocycles. The fraction of sp³-hybridized carbons (Fsp3) is 1.00. The van der Waals surface area contributed by atoms with Crippen molar-refractivity contribution in [2.75, 3.05) is 0 Å². The van der Waals surface area contributed by atoms with Gasteiger partial charge in [-0.3, -0.25) is 0 Å². The van der Waals surface area contributed by atoms with Gasteiger partial charge in [0.1, 0.15) is 0 Å². The van der Waals surface area contributed by atoms with Gasteiger partial charge in [-0.2, -0.15) is 0 Å². The topological polar surface area (TPSA) is 0 Å². The molecule has 0 unspecified atom stereocenters. The number of rotatable bonds is 1. The predicted molar refractivity (Wildman–Crippen MR) is 48.4 cm³/mol. The van der Waals surface area contributed by atoms with Crippen molar-refractivity contribution in [3.05, 3.63) is 0 Å². The quantitative estimate of drug-likeness (QED) is 0.539. The Morgan fingerprint density at radius 2 is 1.91 bits per heavy atom. The average molecular weight is 152 g/mol. The van der Waals surface area contributed by atoms with E-state index in [4.69, 9.17) is 0 Å². The summed E-state index contributed by atoms with van der Waals surface area (Å²) in [5, 5.41) is 0. The molecule has 2 fully saturated rings. The Hall–Kier alpha value is 0. The average Bonchev–Trinajstić information content (AvgIpc) is 2.04. The molecule has 0 N–H and O–H groups in total. The minimum absolute atomic E-state index is 0.711. The molecular weight excluding hydrogens is 132 g/mol. The molecule has 0 amide bonds. The maximum atomic E-state index is 2.52. The second-order valence-electron chi connectivity index (χ2n) is 5.14. The van der Waals surface area contributed by atoms with Crippen LogP contribution in [0.15, 0.2) is 0 Å². The van der Waals surface area contributed by atoms with Gasteiger partial charge in [0.15, 0.2) is 0 Å². The van der Waals surface area contributed by atoms with Gasteiger partial charge in [0.2, 0.25) is 0 Å². The smallest absolute Gasteiger partial charge is 0.0272 e. The van der Waals surface area contributed by atoms with Crippen LogP contribution in [-0.2, 0) is 0 Å². The molecule has 0 radical (unpaired) electrons. The Balaban J connectivity index is 2.14. The molecular formula is C11H20. The predicted octanol–water partition coefficient (Wildman–Crippen LogP) is 3.47. The minimum atomic E-state index is 0.711. The van der Waals surface area contributed by atoms with Crippen molar-refractivity contribution >= 4 is 0 Å². The summed E-state index contributed by atoms with van der Waals surface area (Å²) >= 11 is 0. The summed E-state index contributed by atoms with van der Waals surface area (Å²) in [7, 11) is 0. The van der Waals surface area contributed by atoms with Gasteiger partial charge in [0.05, 0.1) is 0 Å². The highest BCUT2D eigenvalue weighted by Crippen LogP contribution is 2.60. The zero-order valence-corrected chi connectivity index (χ0v) is 8.06. The first-order chi connectivity index (χ1) is 5.14. The van der Waals surface area contributed by atoms with Crippen molar-refractivity contribution in [3.63, 3.8) is 0 Å². The summed E-state index contributed by atoms with van der Waals surface area (Å²) in [6, 6.07) is 0. The molecule has 11 heavy (non-hydrogen) atoms. The van der Waals surface area contributed by atoms with Crippen LogP contribution in [0.25, 0.3) is 0 Å². The second-order valence-corrected chi connectivity index (χ2v) is 5.14. The van der Waals surface area contributed by atoms with E-state index >= 15 is 0 Å². The molecule has 0 aromatic heterocycles. The summed E-state index contributed by atoms with van der Waals surface area (Å²) < 4.78 is 0. The first-order valence-electron chi connectivity index (χ1n) is 5.14. The summed E-state index contributed by atoms with van der Waals surface area (Å²) in [6.45, 7) is 7.32. The van der Waals surface area contributed by atoms with Crippen molar-refractivity contribution in [2.45, 2.75) is 46.5 Å². The molecule has 2 saturated carbocycles. The lowest BCUT2D eigenvalue weighted by Crippen LogP contribution is -2.35. The van der Waals surface area contributed by atoms with E-state index in [0.29, 0.717) is 5.41 Å². The third-order valence-corrected chi connectivity index (χ3v) is 4.64. The molecule has 64 valence electrons. The van der Waals surface area contributed by atoms with Gasteiger partial charge in [-0.25, -0.2) is 0 Å². The van der Waals surface area contributed by atoms with Gasteiger partial charge < -0.3 is 0 Å². The number of hydrogen-bond acceptors (Lipinski definition) is 0. The van der Waals surface area contributed by atoms with E-state index in [1.54, 1.807) is 0 Å². The van der Waals surface area contributed by atoms with E-state index < -0.39 is 0 Å². The standard InChI is InChI=1S/C11H20/c1-8(2)11(3)7-6-9-4-5-10(9)11/h8-10H,4-7H2,1-3H3/t9-,10-,11+/m0/s1. The van der Waals surface area contributed by atoms with Crippen LogP contribution in [0.1, 0.15) is 46.5 Å². The van der Waals surface area contributed by atoms with Crippen LogP contribution >= 0.6 is 0 Å². The molecule has 2 aliphatic rings. The van der Waals surface area contributed by atoms with E-state index in [2.05, 4.69) is 20.8 Å². The van der Waals surface area contributed by atoms with Crippen LogP contribution in [-0.4, -0.2) is 0 Å². The van der Waals surface area contributed by atoms with Crippen LogP contribution in [0.3, 0.4) is 0 Å². The Morgan fingerprint density at radius 3 is 2.18 bits per heavy atom. The zero-order valence-electron chi connectivity index (χ0n) is 8.06. The Morgan fingerprint density at radius 1 is 1.18 bits per heavy atom. The lowest BCUT2D eigenvalue weighted by Gasteiger charge is -2.43. The van der Waals surface area contributed by atoms with Crippen LogP contribution < -0.4 is 0 Å². The van der Waals surface area contributed by atoms with Crippen molar-refractivity contribution in [1.29, 1.82) is 0 Å². The maximum absolute atomic E-state index is 2.52. The fourth-order valence-corrected chi connectivity index (χ4v) is 3.18. The van der Waals surface area contributed by atoms with E-state index in [9.17, 15) is 0 Å². The van der Waals surface area contributed by atoms with Crippen LogP contribution in [0.4, 0.5) is 0 Å². The summed E-state index contributed by atoms with van der Waals surface area (Å²) in [5.74, 6) is 3.13. The highest BCUT2D eigenvalue weighted by Gasteiger charge is 2.50. The first-order valence-corrected chi connectivity index (χ1v) is 5.14. The summed E-state index contributed by atoms with van der Waals surface area (Å²) in [6.07, 6.45) is 6.09. The lowest BCUT2D eigenvalue weighted by molar-refractivity contribution is 0.0589. The molecule has 3 atom stereocenters. The highest BCUT2D eigenvalue weighted by molar-refractivity contribution is 5.00. The number of fused-ring (bicyclic) bond motifs is 1. The van der Waals surface area contributed by atoms with Gasteiger partial charge in [-0.05, 0) is 48.9 Å². The van der Waals surface area contributed by atoms with Gasteiger partial charge >= 0.3 is 0 Å². The molecule has 0 bridgehead atoms. The van der Waals surface area contributed by atoms with E-state index in [1.165, 1.54) is 25.7 Å². The molecule has 2 aliphatic carbocycles. The van der Waals surface area contributed by atoms with Crippen LogP contribution in [0.2, 0.25) is 0 Å². The third kappa shape index (κ3) is 0.878. The zero-order chi connectivity index (χ0) is 8.06. The molecule has 0 saturated heterocycles. The summed E-state index contributed by atoms with van der Waals surface area (Å²) in [5.41, 5.74) is 0.711. The van der Waals surface area contributed by atoms with Gasteiger partial charge in [0, 0.05) is 0 Å².